The van der Waals surface area contributed by atoms with Crippen LogP contribution in [0.4, 0.5) is 0 Å². The highest BCUT2D eigenvalue weighted by molar-refractivity contribution is 6.83. The maximum atomic E-state index is 12.4. The van der Waals surface area contributed by atoms with E-state index in [9.17, 15) is 9.59 Å². The molecule has 0 aromatic carbocycles. The SMILES string of the molecule is C=C=CCC(CC#C[Si](C)(C)C)(C(=O)OCC)C(=O)OCC. The average Bonchev–Trinajstić information content (AvgIpc) is 2.41. The van der Waals surface area contributed by atoms with Gasteiger partial charge in [-0.2, -0.15) is 0 Å². The lowest BCUT2D eigenvalue weighted by Gasteiger charge is -2.26. The first-order valence-corrected chi connectivity index (χ1v) is 10.9. The molecule has 122 valence electrons. The van der Waals surface area contributed by atoms with E-state index < -0.39 is 25.4 Å². The lowest BCUT2D eigenvalue weighted by Crippen LogP contribution is -2.41. The van der Waals surface area contributed by atoms with Crippen molar-refractivity contribution in [1.29, 1.82) is 0 Å². The highest BCUT2D eigenvalue weighted by Gasteiger charge is 2.47. The molecule has 0 aromatic heterocycles. The fourth-order valence-corrected chi connectivity index (χ4v) is 2.33. The normalized spacial score (nSPS) is 10.8. The summed E-state index contributed by atoms with van der Waals surface area (Å²) in [6, 6.07) is 0. The minimum absolute atomic E-state index is 0.0765. The molecule has 0 saturated carbocycles. The van der Waals surface area contributed by atoms with Gasteiger partial charge in [-0.25, -0.2) is 0 Å². The van der Waals surface area contributed by atoms with E-state index >= 15 is 0 Å². The monoisotopic (exact) mass is 322 g/mol. The lowest BCUT2D eigenvalue weighted by molar-refractivity contribution is -0.171. The summed E-state index contributed by atoms with van der Waals surface area (Å²) in [5.74, 6) is 1.78. The summed E-state index contributed by atoms with van der Waals surface area (Å²) in [4.78, 5) is 24.8. The van der Waals surface area contributed by atoms with Crippen molar-refractivity contribution in [1.82, 2.24) is 0 Å². The van der Waals surface area contributed by atoms with Gasteiger partial charge in [0.1, 0.15) is 8.07 Å². The molecular weight excluding hydrogens is 296 g/mol. The van der Waals surface area contributed by atoms with Crippen LogP contribution in [-0.4, -0.2) is 33.2 Å². The van der Waals surface area contributed by atoms with Gasteiger partial charge in [-0.3, -0.25) is 9.59 Å². The zero-order valence-corrected chi connectivity index (χ0v) is 15.2. The second kappa shape index (κ2) is 9.29. The van der Waals surface area contributed by atoms with Crippen LogP contribution in [0.1, 0.15) is 26.7 Å². The van der Waals surface area contributed by atoms with E-state index in [2.05, 4.69) is 43.4 Å². The Morgan fingerprint density at radius 2 is 1.64 bits per heavy atom. The average molecular weight is 322 g/mol. The van der Waals surface area contributed by atoms with Crippen molar-refractivity contribution in [3.63, 3.8) is 0 Å². The van der Waals surface area contributed by atoms with Crippen LogP contribution < -0.4 is 0 Å². The Hall–Kier alpha value is -1.76. The van der Waals surface area contributed by atoms with Crippen LogP contribution >= 0.6 is 0 Å². The number of ether oxygens (including phenoxy) is 2. The van der Waals surface area contributed by atoms with Gasteiger partial charge in [0.15, 0.2) is 5.41 Å². The molecule has 0 aromatic rings. The van der Waals surface area contributed by atoms with E-state index in [1.165, 1.54) is 0 Å². The molecule has 0 aliphatic rings. The lowest BCUT2D eigenvalue weighted by atomic mass is 9.81. The second-order valence-corrected chi connectivity index (χ2v) is 10.6. The third-order valence-electron chi connectivity index (χ3n) is 2.78. The van der Waals surface area contributed by atoms with E-state index in [1.807, 2.05) is 0 Å². The fraction of sp³-hybridized carbons (Fsp3) is 0.588. The van der Waals surface area contributed by atoms with E-state index in [1.54, 1.807) is 19.9 Å². The minimum atomic E-state index is -1.60. The smallest absolute Gasteiger partial charge is 0.324 e. The van der Waals surface area contributed by atoms with Crippen molar-refractivity contribution in [2.75, 3.05) is 13.2 Å². The highest BCUT2D eigenvalue weighted by Crippen LogP contribution is 2.31. The van der Waals surface area contributed by atoms with Crippen molar-refractivity contribution >= 4 is 20.0 Å². The molecule has 0 atom stereocenters. The molecule has 0 aliphatic carbocycles. The molecule has 4 nitrogen and oxygen atoms in total. The van der Waals surface area contributed by atoms with Gasteiger partial charge >= 0.3 is 11.9 Å². The molecular formula is C17H26O4Si. The van der Waals surface area contributed by atoms with Gasteiger partial charge in [0, 0.05) is 12.8 Å². The van der Waals surface area contributed by atoms with Gasteiger partial charge < -0.3 is 9.47 Å². The zero-order valence-electron chi connectivity index (χ0n) is 14.2. The summed E-state index contributed by atoms with van der Waals surface area (Å²) in [7, 11) is -1.60. The summed E-state index contributed by atoms with van der Waals surface area (Å²) >= 11 is 0. The van der Waals surface area contributed by atoms with Gasteiger partial charge in [0.05, 0.1) is 13.2 Å². The van der Waals surface area contributed by atoms with Crippen LogP contribution in [0, 0.1) is 16.9 Å². The van der Waals surface area contributed by atoms with Crippen LogP contribution in [-0.2, 0) is 19.1 Å². The molecule has 0 unspecified atom stereocenters. The maximum Gasteiger partial charge on any atom is 0.324 e. The van der Waals surface area contributed by atoms with Crippen molar-refractivity contribution in [3.8, 4) is 11.5 Å². The van der Waals surface area contributed by atoms with Gasteiger partial charge in [-0.05, 0) is 19.9 Å². The first kappa shape index (κ1) is 20.2. The third-order valence-corrected chi connectivity index (χ3v) is 3.71. The van der Waals surface area contributed by atoms with Gasteiger partial charge in [0.25, 0.3) is 0 Å². The molecule has 0 saturated heterocycles. The molecule has 5 heteroatoms. The van der Waals surface area contributed by atoms with Crippen molar-refractivity contribution in [2.45, 2.75) is 46.3 Å². The summed E-state index contributed by atoms with van der Waals surface area (Å²) in [5, 5.41) is 0. The molecule has 0 N–H and O–H groups in total. The molecule has 0 amide bonds. The number of allylic oxidation sites excluding steroid dienone is 1. The molecule has 0 bridgehead atoms. The number of esters is 2. The van der Waals surface area contributed by atoms with Crippen molar-refractivity contribution in [3.05, 3.63) is 18.4 Å². The predicted molar refractivity (Wildman–Crippen MR) is 89.8 cm³/mol. The number of carbonyl (C=O) groups excluding carboxylic acids is 2. The molecule has 0 heterocycles. The van der Waals surface area contributed by atoms with Crippen LogP contribution in [0.25, 0.3) is 0 Å². The molecule has 0 radical (unpaired) electrons. The Kier molecular flexibility index (Phi) is 8.55. The summed E-state index contributed by atoms with van der Waals surface area (Å²) < 4.78 is 10.2. The van der Waals surface area contributed by atoms with Crippen LogP contribution in [0.2, 0.25) is 19.6 Å². The first-order chi connectivity index (χ1) is 10.2. The Morgan fingerprint density at radius 1 is 1.14 bits per heavy atom. The quantitative estimate of drug-likeness (QED) is 0.238. The summed E-state index contributed by atoms with van der Waals surface area (Å²) in [5.41, 5.74) is 4.32. The number of hydrogen-bond donors (Lipinski definition) is 0. The van der Waals surface area contributed by atoms with Gasteiger partial charge in [-0.15, -0.1) is 17.2 Å². The molecule has 0 spiro atoms. The van der Waals surface area contributed by atoms with Crippen LogP contribution in [0.15, 0.2) is 18.4 Å². The Balaban J connectivity index is 5.70. The molecule has 22 heavy (non-hydrogen) atoms. The number of hydrogen-bond acceptors (Lipinski definition) is 4. The van der Waals surface area contributed by atoms with E-state index in [0.29, 0.717) is 0 Å². The van der Waals surface area contributed by atoms with Crippen LogP contribution in [0.5, 0.6) is 0 Å². The summed E-state index contributed by atoms with van der Waals surface area (Å²) in [6.45, 7) is 13.6. The van der Waals surface area contributed by atoms with E-state index in [4.69, 9.17) is 9.47 Å². The number of rotatable bonds is 7. The third kappa shape index (κ3) is 6.34. The summed E-state index contributed by atoms with van der Waals surface area (Å²) in [6.07, 6.45) is 1.74. The predicted octanol–water partition coefficient (Wildman–Crippen LogP) is 3.10. The Bertz CT molecular complexity index is 481. The molecule has 0 aliphatic heterocycles. The van der Waals surface area contributed by atoms with Gasteiger partial charge in [-0.1, -0.05) is 26.2 Å². The highest BCUT2D eigenvalue weighted by atomic mass is 28.3. The topological polar surface area (TPSA) is 52.6 Å². The zero-order chi connectivity index (χ0) is 17.2. The minimum Gasteiger partial charge on any atom is -0.465 e. The Labute approximate surface area is 134 Å². The second-order valence-electron chi connectivity index (χ2n) is 5.86. The van der Waals surface area contributed by atoms with Gasteiger partial charge in [0.2, 0.25) is 0 Å². The molecule has 0 rings (SSSR count). The first-order valence-electron chi connectivity index (χ1n) is 7.42. The van der Waals surface area contributed by atoms with Crippen molar-refractivity contribution < 1.29 is 19.1 Å². The van der Waals surface area contributed by atoms with E-state index in [-0.39, 0.29) is 26.1 Å². The largest absolute Gasteiger partial charge is 0.465 e. The van der Waals surface area contributed by atoms with Crippen LogP contribution in [0.3, 0.4) is 0 Å². The standard InChI is InChI=1S/C17H26O4Si/c1-7-10-12-17(15(18)20-8-2,16(19)21-9-3)13-11-14-22(4,5)6/h10H,1,8-9,12-13H2,2-6H3. The fourth-order valence-electron chi connectivity index (χ4n) is 1.71. The number of carbonyl (C=O) groups is 2. The van der Waals surface area contributed by atoms with Crippen molar-refractivity contribution in [2.24, 2.45) is 5.41 Å². The molecule has 0 fully saturated rings. The van der Waals surface area contributed by atoms with E-state index in [0.717, 1.165) is 0 Å². The maximum absolute atomic E-state index is 12.4. The Morgan fingerprint density at radius 3 is 2.00 bits per heavy atom.